The molecule has 3 heteroatoms. The molecule has 0 bridgehead atoms. The number of nitriles is 1. The molecule has 0 saturated heterocycles. The van der Waals surface area contributed by atoms with Gasteiger partial charge in [-0.05, 0) is 43.0 Å². The highest BCUT2D eigenvalue weighted by Crippen LogP contribution is 2.36. The molecular weight excluding hydrogens is 224 g/mol. The molecule has 2 heterocycles. The number of phenolic OH excluding ortho intramolecular Hbond substituents is 1. The van der Waals surface area contributed by atoms with Gasteiger partial charge in [0.2, 0.25) is 0 Å². The average molecular weight is 238 g/mol. The standard InChI is InChI=1S/C15H14N2O/c1-10-14(9-16)17-8-2-3-13(17)15(10)11-4-6-12(18)7-5-11/h4-7,18H,2-3,8H2,1H3. The van der Waals surface area contributed by atoms with Gasteiger partial charge in [-0.2, -0.15) is 5.26 Å². The Balaban J connectivity index is 2.24. The number of hydrogen-bond acceptors (Lipinski definition) is 2. The van der Waals surface area contributed by atoms with Crippen LogP contribution in [0.15, 0.2) is 24.3 Å². The fourth-order valence-corrected chi connectivity index (χ4v) is 2.87. The lowest BCUT2D eigenvalue weighted by Crippen LogP contribution is -1.95. The van der Waals surface area contributed by atoms with Crippen LogP contribution >= 0.6 is 0 Å². The number of aromatic hydroxyl groups is 1. The molecule has 1 aromatic carbocycles. The van der Waals surface area contributed by atoms with Crippen LogP contribution in [0, 0.1) is 18.3 Å². The summed E-state index contributed by atoms with van der Waals surface area (Å²) in [5.74, 6) is 0.271. The van der Waals surface area contributed by atoms with E-state index in [1.807, 2.05) is 19.1 Å². The number of benzene rings is 1. The van der Waals surface area contributed by atoms with E-state index < -0.39 is 0 Å². The molecule has 0 unspecified atom stereocenters. The monoisotopic (exact) mass is 238 g/mol. The Bertz CT molecular complexity index is 645. The van der Waals surface area contributed by atoms with E-state index in [-0.39, 0.29) is 5.75 Å². The zero-order valence-electron chi connectivity index (χ0n) is 10.3. The summed E-state index contributed by atoms with van der Waals surface area (Å²) in [5.41, 5.74) is 5.35. The highest BCUT2D eigenvalue weighted by Gasteiger charge is 2.24. The van der Waals surface area contributed by atoms with Crippen LogP contribution in [0.2, 0.25) is 0 Å². The normalized spacial score (nSPS) is 13.3. The number of aromatic nitrogens is 1. The van der Waals surface area contributed by atoms with Crippen molar-refractivity contribution in [3.05, 3.63) is 41.2 Å². The predicted molar refractivity (Wildman–Crippen MR) is 69.3 cm³/mol. The Morgan fingerprint density at radius 3 is 2.67 bits per heavy atom. The summed E-state index contributed by atoms with van der Waals surface area (Å²) in [7, 11) is 0. The maximum Gasteiger partial charge on any atom is 0.124 e. The Hall–Kier alpha value is -2.21. The minimum Gasteiger partial charge on any atom is -0.508 e. The Labute approximate surface area is 106 Å². The van der Waals surface area contributed by atoms with Gasteiger partial charge in [-0.3, -0.25) is 0 Å². The fourth-order valence-electron chi connectivity index (χ4n) is 2.87. The van der Waals surface area contributed by atoms with Crippen LogP contribution in [0.3, 0.4) is 0 Å². The van der Waals surface area contributed by atoms with Crippen molar-refractivity contribution in [2.45, 2.75) is 26.3 Å². The van der Waals surface area contributed by atoms with E-state index >= 15 is 0 Å². The van der Waals surface area contributed by atoms with Crippen molar-refractivity contribution in [2.24, 2.45) is 0 Å². The fraction of sp³-hybridized carbons (Fsp3) is 0.267. The van der Waals surface area contributed by atoms with Crippen LogP contribution in [0.25, 0.3) is 11.1 Å². The smallest absolute Gasteiger partial charge is 0.124 e. The molecule has 0 aliphatic carbocycles. The number of hydrogen-bond donors (Lipinski definition) is 1. The average Bonchev–Trinajstić information content (AvgIpc) is 2.90. The third-order valence-electron chi connectivity index (χ3n) is 3.67. The van der Waals surface area contributed by atoms with Crippen molar-refractivity contribution in [3.8, 4) is 22.9 Å². The molecule has 3 nitrogen and oxygen atoms in total. The molecule has 1 N–H and O–H groups in total. The lowest BCUT2D eigenvalue weighted by atomic mass is 9.99. The second kappa shape index (κ2) is 3.92. The molecule has 0 saturated carbocycles. The largest absolute Gasteiger partial charge is 0.508 e. The van der Waals surface area contributed by atoms with Crippen molar-refractivity contribution >= 4 is 0 Å². The van der Waals surface area contributed by atoms with Crippen LogP contribution in [-0.2, 0) is 13.0 Å². The molecule has 0 amide bonds. The van der Waals surface area contributed by atoms with Gasteiger partial charge in [0.05, 0.1) is 0 Å². The molecule has 0 radical (unpaired) electrons. The van der Waals surface area contributed by atoms with Gasteiger partial charge in [-0.25, -0.2) is 0 Å². The molecule has 0 atom stereocenters. The van der Waals surface area contributed by atoms with Crippen molar-refractivity contribution in [3.63, 3.8) is 0 Å². The topological polar surface area (TPSA) is 49.0 Å². The lowest BCUT2D eigenvalue weighted by molar-refractivity contribution is 0.475. The summed E-state index contributed by atoms with van der Waals surface area (Å²) in [4.78, 5) is 0. The molecular formula is C15H14N2O. The number of phenols is 1. The Morgan fingerprint density at radius 1 is 1.28 bits per heavy atom. The van der Waals surface area contributed by atoms with E-state index in [0.29, 0.717) is 0 Å². The highest BCUT2D eigenvalue weighted by molar-refractivity contribution is 5.74. The summed E-state index contributed by atoms with van der Waals surface area (Å²) in [6, 6.07) is 9.53. The molecule has 2 aromatic rings. The summed E-state index contributed by atoms with van der Waals surface area (Å²) < 4.78 is 2.14. The summed E-state index contributed by atoms with van der Waals surface area (Å²) in [6.45, 7) is 2.95. The molecule has 90 valence electrons. The minimum atomic E-state index is 0.271. The minimum absolute atomic E-state index is 0.271. The van der Waals surface area contributed by atoms with Gasteiger partial charge in [0.25, 0.3) is 0 Å². The first-order valence-electron chi connectivity index (χ1n) is 6.14. The van der Waals surface area contributed by atoms with Crippen LogP contribution in [0.1, 0.15) is 23.4 Å². The van der Waals surface area contributed by atoms with Crippen LogP contribution in [-0.4, -0.2) is 9.67 Å². The van der Waals surface area contributed by atoms with E-state index in [4.69, 9.17) is 0 Å². The van der Waals surface area contributed by atoms with Crippen LogP contribution in [0.5, 0.6) is 5.75 Å². The SMILES string of the molecule is Cc1c(-c2ccc(O)cc2)c2n(c1C#N)CCC2. The van der Waals surface area contributed by atoms with E-state index in [2.05, 4.69) is 10.6 Å². The molecule has 0 fully saturated rings. The van der Waals surface area contributed by atoms with Crippen molar-refractivity contribution in [1.82, 2.24) is 4.57 Å². The third-order valence-corrected chi connectivity index (χ3v) is 3.67. The molecule has 1 aliphatic rings. The van der Waals surface area contributed by atoms with Gasteiger partial charge in [-0.1, -0.05) is 12.1 Å². The number of nitrogens with zero attached hydrogens (tertiary/aromatic N) is 2. The third kappa shape index (κ3) is 1.42. The van der Waals surface area contributed by atoms with E-state index in [9.17, 15) is 10.4 Å². The van der Waals surface area contributed by atoms with Gasteiger partial charge >= 0.3 is 0 Å². The first-order chi connectivity index (χ1) is 8.72. The van der Waals surface area contributed by atoms with Gasteiger partial charge in [0.15, 0.2) is 0 Å². The van der Waals surface area contributed by atoms with Crippen molar-refractivity contribution in [2.75, 3.05) is 0 Å². The van der Waals surface area contributed by atoms with Crippen LogP contribution in [0.4, 0.5) is 0 Å². The van der Waals surface area contributed by atoms with E-state index in [1.165, 1.54) is 11.3 Å². The van der Waals surface area contributed by atoms with Crippen LogP contribution < -0.4 is 0 Å². The summed E-state index contributed by atoms with van der Waals surface area (Å²) >= 11 is 0. The van der Waals surface area contributed by atoms with Crippen molar-refractivity contribution in [1.29, 1.82) is 5.26 Å². The zero-order chi connectivity index (χ0) is 12.7. The highest BCUT2D eigenvalue weighted by atomic mass is 16.3. The molecule has 3 rings (SSSR count). The second-order valence-electron chi connectivity index (χ2n) is 4.71. The second-order valence-corrected chi connectivity index (χ2v) is 4.71. The maximum absolute atomic E-state index is 9.36. The summed E-state index contributed by atoms with van der Waals surface area (Å²) in [6.07, 6.45) is 2.13. The molecule has 1 aromatic heterocycles. The molecule has 0 spiro atoms. The molecule has 18 heavy (non-hydrogen) atoms. The quantitative estimate of drug-likeness (QED) is 0.830. The Morgan fingerprint density at radius 2 is 2.00 bits per heavy atom. The van der Waals surface area contributed by atoms with E-state index in [0.717, 1.165) is 36.2 Å². The van der Waals surface area contributed by atoms with Gasteiger partial charge in [0.1, 0.15) is 17.5 Å². The first kappa shape index (κ1) is 10.9. The van der Waals surface area contributed by atoms with Gasteiger partial charge in [-0.15, -0.1) is 0 Å². The predicted octanol–water partition coefficient (Wildman–Crippen LogP) is 2.99. The summed E-state index contributed by atoms with van der Waals surface area (Å²) in [5, 5.41) is 18.6. The zero-order valence-corrected chi connectivity index (χ0v) is 10.3. The number of rotatable bonds is 1. The molecule has 1 aliphatic heterocycles. The Kier molecular flexibility index (Phi) is 2.38. The van der Waals surface area contributed by atoms with E-state index in [1.54, 1.807) is 12.1 Å². The number of fused-ring (bicyclic) bond motifs is 1. The lowest BCUT2D eigenvalue weighted by Gasteiger charge is -2.04. The maximum atomic E-state index is 9.36. The van der Waals surface area contributed by atoms with Gasteiger partial charge < -0.3 is 9.67 Å². The van der Waals surface area contributed by atoms with Crippen molar-refractivity contribution < 1.29 is 5.11 Å². The van der Waals surface area contributed by atoms with Gasteiger partial charge in [0, 0.05) is 17.8 Å². The first-order valence-corrected chi connectivity index (χ1v) is 6.14.